The van der Waals surface area contributed by atoms with Gasteiger partial charge in [-0.05, 0) is 40.6 Å². The molecule has 1 N–H and O–H groups in total. The quantitative estimate of drug-likeness (QED) is 0.657. The highest BCUT2D eigenvalue weighted by Crippen LogP contribution is 2.32. The Morgan fingerprint density at radius 1 is 1.04 bits per heavy atom. The molecule has 2 aliphatic rings. The van der Waals surface area contributed by atoms with Crippen molar-refractivity contribution < 1.29 is 27.4 Å². The summed E-state index contributed by atoms with van der Waals surface area (Å²) in [5.74, 6) is 1.54. The minimum atomic E-state index is -3.64. The second-order valence-electron chi connectivity index (χ2n) is 6.91. The maximum atomic E-state index is 13.1. The summed E-state index contributed by atoms with van der Waals surface area (Å²) >= 11 is 0. The molecule has 5 rings (SSSR count). The molecule has 0 saturated carbocycles. The molecule has 0 bridgehead atoms. The summed E-state index contributed by atoms with van der Waals surface area (Å²) in [6.07, 6.45) is 0. The second-order valence-corrected chi connectivity index (χ2v) is 8.81. The third kappa shape index (κ3) is 2.99. The Balaban J connectivity index is 1.28. The van der Waals surface area contributed by atoms with Crippen LogP contribution in [0.15, 0.2) is 45.9 Å². The van der Waals surface area contributed by atoms with Crippen LogP contribution in [0.4, 0.5) is 0 Å². The Labute approximate surface area is 161 Å². The molecular formula is C18H19N4O5S+. The average Bonchev–Trinajstić information content (AvgIpc) is 3.37. The number of hydrogen-bond donors (Lipinski definition) is 1. The van der Waals surface area contributed by atoms with Crippen LogP contribution in [-0.2, 0) is 16.6 Å². The van der Waals surface area contributed by atoms with E-state index in [-0.39, 0.29) is 17.2 Å². The standard InChI is InChI=1S/C18H18N4O5S/c23-28(24,17-3-1-2-14-18(17)20-27-19-14)22-8-6-21(7-9-22)11-13-4-5-15-16(10-13)26-12-25-15/h1-5,10H,6-9,11-12H2/p+1. The Morgan fingerprint density at radius 2 is 1.86 bits per heavy atom. The number of benzene rings is 2. The molecule has 3 aromatic rings. The third-order valence-electron chi connectivity index (χ3n) is 5.19. The number of piperazine rings is 1. The molecule has 1 aromatic heterocycles. The van der Waals surface area contributed by atoms with Gasteiger partial charge >= 0.3 is 0 Å². The maximum Gasteiger partial charge on any atom is 0.245 e. The molecule has 3 heterocycles. The first kappa shape index (κ1) is 17.4. The van der Waals surface area contributed by atoms with Crippen molar-refractivity contribution in [2.24, 2.45) is 0 Å². The zero-order chi connectivity index (χ0) is 19.1. The summed E-state index contributed by atoms with van der Waals surface area (Å²) in [7, 11) is -3.64. The van der Waals surface area contributed by atoms with Crippen molar-refractivity contribution in [3.05, 3.63) is 42.0 Å². The minimum Gasteiger partial charge on any atom is -0.454 e. The van der Waals surface area contributed by atoms with E-state index in [1.54, 1.807) is 18.2 Å². The van der Waals surface area contributed by atoms with E-state index in [1.807, 2.05) is 18.2 Å². The largest absolute Gasteiger partial charge is 0.454 e. The van der Waals surface area contributed by atoms with Gasteiger partial charge in [0.05, 0.1) is 26.2 Å². The van der Waals surface area contributed by atoms with Gasteiger partial charge in [0.2, 0.25) is 16.8 Å². The van der Waals surface area contributed by atoms with Gasteiger partial charge < -0.3 is 14.4 Å². The van der Waals surface area contributed by atoms with Crippen LogP contribution < -0.4 is 14.4 Å². The van der Waals surface area contributed by atoms with Crippen LogP contribution in [0, 0.1) is 0 Å². The number of quaternary nitrogens is 1. The first-order valence-corrected chi connectivity index (χ1v) is 10.5. The summed E-state index contributed by atoms with van der Waals surface area (Å²) < 4.78 is 43.1. The number of nitrogens with zero attached hydrogens (tertiary/aromatic N) is 3. The number of aromatic nitrogens is 2. The molecule has 10 heteroatoms. The zero-order valence-electron chi connectivity index (χ0n) is 15.0. The van der Waals surface area contributed by atoms with E-state index in [2.05, 4.69) is 10.3 Å². The molecule has 0 unspecified atom stereocenters. The lowest BCUT2D eigenvalue weighted by molar-refractivity contribution is -0.917. The summed E-state index contributed by atoms with van der Waals surface area (Å²) in [6, 6.07) is 10.8. The first-order chi connectivity index (χ1) is 13.6. The monoisotopic (exact) mass is 403 g/mol. The van der Waals surface area contributed by atoms with E-state index in [1.165, 1.54) is 9.21 Å². The molecule has 0 amide bonds. The van der Waals surface area contributed by atoms with Gasteiger partial charge in [0.1, 0.15) is 17.0 Å². The SMILES string of the molecule is O=S(=O)(c1cccc2nonc12)N1CC[NH+](Cc2ccc3c(c2)OCO3)CC1. The van der Waals surface area contributed by atoms with Crippen molar-refractivity contribution >= 4 is 21.1 Å². The van der Waals surface area contributed by atoms with Crippen molar-refractivity contribution in [1.82, 2.24) is 14.6 Å². The highest BCUT2D eigenvalue weighted by molar-refractivity contribution is 7.89. The second kappa shape index (κ2) is 6.73. The van der Waals surface area contributed by atoms with Crippen LogP contribution in [0.3, 0.4) is 0 Å². The van der Waals surface area contributed by atoms with E-state index in [0.717, 1.165) is 36.7 Å². The first-order valence-electron chi connectivity index (χ1n) is 9.05. The smallest absolute Gasteiger partial charge is 0.245 e. The molecule has 0 radical (unpaired) electrons. The van der Waals surface area contributed by atoms with Gasteiger partial charge in [-0.3, -0.25) is 0 Å². The van der Waals surface area contributed by atoms with Crippen molar-refractivity contribution in [3.63, 3.8) is 0 Å². The Hall–Kier alpha value is -2.69. The molecule has 28 heavy (non-hydrogen) atoms. The van der Waals surface area contributed by atoms with Gasteiger partial charge in [-0.25, -0.2) is 13.0 Å². The number of sulfonamides is 1. The topological polar surface area (TPSA) is 99.2 Å². The fourth-order valence-corrected chi connectivity index (χ4v) is 5.27. The Bertz CT molecular complexity index is 1120. The molecule has 0 aliphatic carbocycles. The molecule has 9 nitrogen and oxygen atoms in total. The molecule has 1 fully saturated rings. The van der Waals surface area contributed by atoms with Crippen molar-refractivity contribution in [3.8, 4) is 11.5 Å². The highest BCUT2D eigenvalue weighted by Gasteiger charge is 2.32. The van der Waals surface area contributed by atoms with Gasteiger partial charge in [-0.15, -0.1) is 0 Å². The molecule has 146 valence electrons. The number of hydrogen-bond acceptors (Lipinski definition) is 7. The third-order valence-corrected chi connectivity index (χ3v) is 7.12. The number of ether oxygens (including phenoxy) is 2. The van der Waals surface area contributed by atoms with E-state index >= 15 is 0 Å². The Kier molecular flexibility index (Phi) is 4.18. The minimum absolute atomic E-state index is 0.144. The van der Waals surface area contributed by atoms with Crippen LogP contribution in [0.25, 0.3) is 11.0 Å². The summed E-state index contributed by atoms with van der Waals surface area (Å²) in [6.45, 7) is 3.42. The molecular weight excluding hydrogens is 384 g/mol. The van der Waals surface area contributed by atoms with Gasteiger partial charge in [-0.2, -0.15) is 4.31 Å². The molecule has 0 atom stereocenters. The van der Waals surface area contributed by atoms with Gasteiger partial charge in [0.15, 0.2) is 17.0 Å². The number of nitrogens with one attached hydrogen (secondary N) is 1. The lowest BCUT2D eigenvalue weighted by Gasteiger charge is -2.31. The molecule has 0 spiro atoms. The number of fused-ring (bicyclic) bond motifs is 2. The van der Waals surface area contributed by atoms with Gasteiger partial charge in [0.25, 0.3) is 0 Å². The Morgan fingerprint density at radius 3 is 2.71 bits per heavy atom. The molecule has 1 saturated heterocycles. The summed E-state index contributed by atoms with van der Waals surface area (Å²) in [4.78, 5) is 1.47. The molecule has 2 aliphatic heterocycles. The lowest BCUT2D eigenvalue weighted by Crippen LogP contribution is -3.13. The summed E-state index contributed by atoms with van der Waals surface area (Å²) in [5, 5.41) is 7.49. The van der Waals surface area contributed by atoms with Crippen LogP contribution in [0.1, 0.15) is 5.56 Å². The number of rotatable bonds is 4. The van der Waals surface area contributed by atoms with E-state index in [0.29, 0.717) is 18.6 Å². The normalized spacial score (nSPS) is 18.0. The van der Waals surface area contributed by atoms with Crippen LogP contribution in [0.5, 0.6) is 11.5 Å². The summed E-state index contributed by atoms with van der Waals surface area (Å²) in [5.41, 5.74) is 1.86. The molecule has 2 aromatic carbocycles. The van der Waals surface area contributed by atoms with Crippen LogP contribution in [0.2, 0.25) is 0 Å². The predicted octanol–water partition coefficient (Wildman–Crippen LogP) is 0.0409. The fourth-order valence-electron chi connectivity index (χ4n) is 3.69. The van der Waals surface area contributed by atoms with Crippen molar-refractivity contribution in [2.75, 3.05) is 33.0 Å². The highest BCUT2D eigenvalue weighted by atomic mass is 32.2. The van der Waals surface area contributed by atoms with Gasteiger partial charge in [-0.1, -0.05) is 6.07 Å². The zero-order valence-corrected chi connectivity index (χ0v) is 15.8. The van der Waals surface area contributed by atoms with Gasteiger partial charge in [0, 0.05) is 5.56 Å². The lowest BCUT2D eigenvalue weighted by atomic mass is 10.2. The average molecular weight is 403 g/mol. The van der Waals surface area contributed by atoms with E-state index in [9.17, 15) is 8.42 Å². The fraction of sp³-hybridized carbons (Fsp3) is 0.333. The van der Waals surface area contributed by atoms with Crippen LogP contribution in [-0.4, -0.2) is 56.0 Å². The van der Waals surface area contributed by atoms with Crippen molar-refractivity contribution in [1.29, 1.82) is 0 Å². The van der Waals surface area contributed by atoms with E-state index in [4.69, 9.17) is 14.1 Å². The van der Waals surface area contributed by atoms with Crippen LogP contribution >= 0.6 is 0 Å². The van der Waals surface area contributed by atoms with E-state index < -0.39 is 10.0 Å². The van der Waals surface area contributed by atoms with Crippen molar-refractivity contribution in [2.45, 2.75) is 11.4 Å². The maximum absolute atomic E-state index is 13.1. The predicted molar refractivity (Wildman–Crippen MR) is 97.5 cm³/mol.